The van der Waals surface area contributed by atoms with Crippen molar-refractivity contribution >= 4 is 69.2 Å². The van der Waals surface area contributed by atoms with Crippen LogP contribution < -0.4 is 53.8 Å². The van der Waals surface area contributed by atoms with Crippen molar-refractivity contribution < 1.29 is 76.8 Å². The number of aryl methyl sites for hydroxylation is 4. The van der Waals surface area contributed by atoms with Gasteiger partial charge in [-0.2, -0.15) is 10.5 Å². The van der Waals surface area contributed by atoms with Crippen molar-refractivity contribution in [3.63, 3.8) is 0 Å². The lowest BCUT2D eigenvalue weighted by molar-refractivity contribution is -0.158. The van der Waals surface area contributed by atoms with E-state index in [1.54, 1.807) is 37.7 Å². The minimum absolute atomic E-state index is 0. The Labute approximate surface area is 689 Å². The highest BCUT2D eigenvalue weighted by Gasteiger charge is 2.65. The number of thioether (sulfide) groups is 2. The van der Waals surface area contributed by atoms with Crippen molar-refractivity contribution in [3.8, 4) is 69.6 Å². The number of phenols is 2. The number of phenolic OH excluding ortho intramolecular Hbond substituents is 2. The number of benzene rings is 6. The molecule has 2 unspecified atom stereocenters. The van der Waals surface area contributed by atoms with Crippen molar-refractivity contribution in [1.82, 2.24) is 40.6 Å². The highest BCUT2D eigenvalue weighted by molar-refractivity contribution is 7.99. The highest BCUT2D eigenvalue weighted by Crippen LogP contribution is 2.67. The summed E-state index contributed by atoms with van der Waals surface area (Å²) < 4.78 is 61.6. The van der Waals surface area contributed by atoms with Crippen LogP contribution in [0.1, 0.15) is 179 Å². The number of ether oxygens (including phenoxy) is 10. The molecular formula is C89H102N10O16S2. The van der Waals surface area contributed by atoms with Crippen LogP contribution >= 0.6 is 23.5 Å². The Balaban J connectivity index is 0.000000177. The number of carbonyl (C=O) groups is 4. The molecule has 117 heavy (non-hydrogen) atoms. The van der Waals surface area contributed by atoms with E-state index >= 15 is 0 Å². The van der Waals surface area contributed by atoms with E-state index in [9.17, 15) is 39.9 Å². The average Bonchev–Trinajstić information content (AvgIpc) is 0.925. The van der Waals surface area contributed by atoms with E-state index in [1.807, 2.05) is 39.8 Å². The Bertz CT molecular complexity index is 5590. The summed E-state index contributed by atoms with van der Waals surface area (Å²) >= 11 is 3.09. The lowest BCUT2D eigenvalue weighted by Crippen LogP contribution is -2.70. The number of piperazine rings is 2. The van der Waals surface area contributed by atoms with Gasteiger partial charge in [0.25, 0.3) is 0 Å². The van der Waals surface area contributed by atoms with Crippen LogP contribution in [-0.4, -0.2) is 167 Å². The Morgan fingerprint density at radius 3 is 1.54 bits per heavy atom. The first kappa shape index (κ1) is 82.0. The van der Waals surface area contributed by atoms with Gasteiger partial charge >= 0.3 is 23.9 Å². The van der Waals surface area contributed by atoms with E-state index in [0.29, 0.717) is 106 Å². The number of nitrogens with one attached hydrogen (secondary N) is 5. The number of nitriles is 2. The van der Waals surface area contributed by atoms with Gasteiger partial charge in [-0.1, -0.05) is 71.2 Å². The maximum absolute atomic E-state index is 15.0. The van der Waals surface area contributed by atoms with Gasteiger partial charge in [0.05, 0.1) is 72.4 Å². The summed E-state index contributed by atoms with van der Waals surface area (Å²) in [6.07, 6.45) is 4.27. The van der Waals surface area contributed by atoms with Gasteiger partial charge in [-0.15, -0.1) is 30.1 Å². The number of hydrogen-bond acceptors (Lipinski definition) is 26. The van der Waals surface area contributed by atoms with E-state index in [-0.39, 0.29) is 91.6 Å². The fourth-order valence-corrected chi connectivity index (χ4v) is 24.7. The molecule has 8 bridgehead atoms. The number of aromatic hydroxyl groups is 2. The van der Waals surface area contributed by atoms with Crippen molar-refractivity contribution in [1.29, 1.82) is 10.5 Å². The molecule has 14 aliphatic rings. The maximum atomic E-state index is 15.0. The molecule has 22 rings (SSSR count). The quantitative estimate of drug-likeness (QED) is 0.0462. The summed E-state index contributed by atoms with van der Waals surface area (Å²) in [5.74, 6) is 2.16. The summed E-state index contributed by atoms with van der Waals surface area (Å²) in [4.78, 5) is 69.7. The van der Waals surface area contributed by atoms with Crippen molar-refractivity contribution in [3.05, 3.63) is 162 Å². The minimum atomic E-state index is -1.26. The molecule has 16 heterocycles. The van der Waals surface area contributed by atoms with Crippen LogP contribution in [0.15, 0.2) is 61.2 Å². The number of methoxy groups -OCH3 is 2. The molecule has 0 amide bonds. The standard InChI is InChI=1S/C44H45N5O8S.C41H41N5O8S.4CH4/c1-7-12-48-28-15-24-14-21(3)37(53-6)36(51)31(24)34(48)35-41-33-32(40-39(55-19-56-40)22(4)38(33)57-23(5)50)30(49(35)29(28)16-45)17-54-43(52)44(18-58-41)42-25(10-11-46-44)26-13-20(2)8-9-27(26)47-42;1-17-6-7-24-23(10-17)22-8-9-43-41(39(22)45-24)15-55-38-30-29(37-36(52-16-53-37)19(3)35(30)54-20(4)47)27(14-51-40(41)49)46-26(13-42)25-12-21-11-18(2)34(50-5)33(48)28(21)31(44-25)32(38)46;;;;/h7-9,13-14,28-30,34-35,41,46-47,51H,1,10-12,15,17-19H2,2-6H3;6-7,10-11,25-27,31-32,38,43-45,48H,8-9,12,14-16H2,1-5H3;4*1H4/t28-,29-,30-,34+,35?,41+,44+;25-,26-,27-,31+,32?,38+,41+;;;;/m00..../s1. The summed E-state index contributed by atoms with van der Waals surface area (Å²) in [5.41, 5.74) is 14.3. The smallest absolute Gasteiger partial charge is 0.333 e. The molecule has 28 heteroatoms. The molecule has 2 aromatic heterocycles. The molecule has 4 saturated heterocycles. The van der Waals surface area contributed by atoms with Crippen LogP contribution in [0.3, 0.4) is 0 Å². The molecule has 14 aliphatic heterocycles. The Morgan fingerprint density at radius 1 is 0.607 bits per heavy atom. The van der Waals surface area contributed by atoms with Crippen LogP contribution in [-0.2, 0) is 65.4 Å². The van der Waals surface area contributed by atoms with Crippen LogP contribution in [0.5, 0.6) is 57.5 Å². The van der Waals surface area contributed by atoms with E-state index < -0.39 is 93.8 Å². The van der Waals surface area contributed by atoms with Crippen LogP contribution in [0.2, 0.25) is 0 Å². The summed E-state index contributed by atoms with van der Waals surface area (Å²) in [7, 11) is 3.10. The number of esters is 4. The molecule has 0 saturated carbocycles. The lowest BCUT2D eigenvalue weighted by atomic mass is 9.71. The third-order valence-corrected chi connectivity index (χ3v) is 28.7. The molecular weight excluding hydrogens is 1530 g/mol. The van der Waals surface area contributed by atoms with Gasteiger partial charge in [-0.3, -0.25) is 34.9 Å². The van der Waals surface area contributed by atoms with Crippen LogP contribution in [0.25, 0.3) is 21.8 Å². The molecule has 8 aromatic rings. The molecule has 4 fully saturated rings. The van der Waals surface area contributed by atoms with Crippen LogP contribution in [0, 0.1) is 64.2 Å². The van der Waals surface area contributed by atoms with Crippen molar-refractivity contribution in [2.24, 2.45) is 0 Å². The van der Waals surface area contributed by atoms with Gasteiger partial charge in [-0.25, -0.2) is 9.59 Å². The fraction of sp³-hybridized carbons (Fsp3) is 0.461. The Hall–Kier alpha value is -10.1. The van der Waals surface area contributed by atoms with Gasteiger partial charge in [0, 0.05) is 135 Å². The zero-order chi connectivity index (χ0) is 78.4. The first-order valence-electron chi connectivity index (χ1n) is 38.4. The number of aromatic amines is 2. The largest absolute Gasteiger partial charge is 0.504 e. The van der Waals surface area contributed by atoms with E-state index in [2.05, 4.69) is 116 Å². The number of rotatable bonds is 6. The van der Waals surface area contributed by atoms with Gasteiger partial charge in [0.1, 0.15) is 36.8 Å². The predicted molar refractivity (Wildman–Crippen MR) is 444 cm³/mol. The Morgan fingerprint density at radius 2 is 1.07 bits per heavy atom. The second-order valence-corrected chi connectivity index (χ2v) is 34.0. The molecule has 2 spiro atoms. The monoisotopic (exact) mass is 1630 g/mol. The summed E-state index contributed by atoms with van der Waals surface area (Å²) in [5, 5.41) is 58.7. The summed E-state index contributed by atoms with van der Waals surface area (Å²) in [6.45, 7) is 19.8. The topological polar surface area (TPSA) is 326 Å². The second kappa shape index (κ2) is 30.3. The number of H-pyrrole nitrogens is 2. The number of nitrogens with zero attached hydrogens (tertiary/aromatic N) is 5. The number of carbonyl (C=O) groups excluding carboxylic acids is 4. The fourth-order valence-electron chi connectivity index (χ4n) is 21.4. The van der Waals surface area contributed by atoms with Gasteiger partial charge in [0.2, 0.25) is 13.6 Å². The number of aromatic nitrogens is 2. The van der Waals surface area contributed by atoms with E-state index in [0.717, 1.165) is 107 Å². The molecule has 0 aliphatic carbocycles. The summed E-state index contributed by atoms with van der Waals surface area (Å²) in [6, 6.07) is 16.5. The molecule has 0 radical (unpaired) electrons. The first-order valence-corrected chi connectivity index (χ1v) is 40.5. The molecule has 616 valence electrons. The Kier molecular flexibility index (Phi) is 21.3. The van der Waals surface area contributed by atoms with Gasteiger partial charge in [-0.05, 0) is 125 Å². The lowest BCUT2D eigenvalue weighted by Gasteiger charge is -2.62. The number of fused-ring (bicyclic) bond motifs is 22. The van der Waals surface area contributed by atoms with Crippen molar-refractivity contribution in [2.75, 3.05) is 72.2 Å². The first-order chi connectivity index (χ1) is 54.6. The highest BCUT2D eigenvalue weighted by atomic mass is 32.2. The maximum Gasteiger partial charge on any atom is 0.333 e. The molecule has 7 N–H and O–H groups in total. The van der Waals surface area contributed by atoms with Crippen molar-refractivity contribution in [2.45, 2.75) is 193 Å². The zero-order valence-electron chi connectivity index (χ0n) is 64.2. The normalized spacial score (nSPS) is 27.5. The van der Waals surface area contributed by atoms with E-state index in [1.165, 1.54) is 13.8 Å². The third kappa shape index (κ3) is 11.8. The zero-order valence-corrected chi connectivity index (χ0v) is 65.8. The average molecular weight is 1630 g/mol. The molecule has 14 atom stereocenters. The predicted octanol–water partition coefficient (Wildman–Crippen LogP) is 12.9. The van der Waals surface area contributed by atoms with Crippen LogP contribution in [0.4, 0.5) is 0 Å². The van der Waals surface area contributed by atoms with Gasteiger partial charge < -0.3 is 72.9 Å². The van der Waals surface area contributed by atoms with Gasteiger partial charge in [0.15, 0.2) is 57.1 Å². The minimum Gasteiger partial charge on any atom is -0.504 e. The SMILES string of the molecule is C.C.C.C.C=CCN1[C@@H]2c3c(cc(C)c(OC)c3O)C[C@H]1[C@H](C#N)N1C2[C@@H]2SC[C@]3(NCCc4c3[nH]c3ccc(C)cc43)C(=O)OC[C@H]1c1c3c(c(C)c(OC(C)=O)c12)OCO3.COc1c(C)cc2c(c1O)[C@H]1N[C@@H](C2)[C@H](C#N)N2C1[C@@H]1SC[C@]3(NCCc4c3[nH]c3ccc(C)cc43)C(=O)OC[C@H]2c2c3c(c(C)c(OC(C)=O)c21)OCO3. The van der Waals surface area contributed by atoms with E-state index in [4.69, 9.17) is 47.4 Å². The second-order valence-electron chi connectivity index (χ2n) is 31.8. The third-order valence-electron chi connectivity index (χ3n) is 25.7. The molecule has 6 aromatic carbocycles. The molecule has 26 nitrogen and oxygen atoms in total. The number of hydrogen-bond donors (Lipinski definition) is 7.